The van der Waals surface area contributed by atoms with Crippen LogP contribution in [-0.2, 0) is 14.4 Å². The van der Waals surface area contributed by atoms with Gasteiger partial charge in [0.1, 0.15) is 66.9 Å². The van der Waals surface area contributed by atoms with E-state index in [9.17, 15) is 59.9 Å². The van der Waals surface area contributed by atoms with Gasteiger partial charge in [0.25, 0.3) is 16.7 Å². The molecule has 141 heavy (non-hydrogen) atoms. The lowest BCUT2D eigenvalue weighted by Crippen LogP contribution is -2.58. The standard InChI is InChI=1S/3C33H29Cl4FN6O3/c3*1-7-21(45)43-16(5)12-42(13-17(43)6)30-18-10-20(34)28(22-23(35)31(46)25(37)24(36)26(22)38)41-32(18)44(33(47)19(30)11-39)29-15(4)8-9-40-27(29)14(2)3/h3*7-10,14,16-17,46H,1,12-13H2,2-6H3/t3*16-,17+. The minimum atomic E-state index is -1.08. The number of halogens is 15. The maximum absolute atomic E-state index is 15.7. The Morgan fingerprint density at radius 2 is 0.596 bits per heavy atom. The molecule has 732 valence electrons. The van der Waals surface area contributed by atoms with Crippen LogP contribution in [0.1, 0.15) is 151 Å². The molecule has 0 radical (unpaired) electrons. The number of fused-ring (bicyclic) bond motifs is 3. The number of phenols is 3. The van der Waals surface area contributed by atoms with Crippen LogP contribution in [-0.4, -0.2) is 167 Å². The summed E-state index contributed by atoms with van der Waals surface area (Å²) in [5.74, 6) is -6.45. The van der Waals surface area contributed by atoms with Crippen molar-refractivity contribution in [2.75, 3.05) is 54.0 Å². The van der Waals surface area contributed by atoms with Crippen LogP contribution in [0.5, 0.6) is 17.2 Å². The van der Waals surface area contributed by atoms with Crippen LogP contribution in [0.3, 0.4) is 0 Å². The topological polar surface area (TPSA) is 346 Å². The third kappa shape index (κ3) is 18.8. The number of amides is 3. The molecule has 15 rings (SSSR count). The van der Waals surface area contributed by atoms with Crippen molar-refractivity contribution in [1.29, 1.82) is 15.8 Å². The zero-order chi connectivity index (χ0) is 104. The van der Waals surface area contributed by atoms with Crippen molar-refractivity contribution >= 4 is 207 Å². The second kappa shape index (κ2) is 42.1. The zero-order valence-corrected chi connectivity index (χ0v) is 87.1. The third-order valence-corrected chi connectivity index (χ3v) is 29.2. The van der Waals surface area contributed by atoms with Crippen LogP contribution >= 0.6 is 139 Å². The molecule has 12 aromatic rings. The van der Waals surface area contributed by atoms with Crippen LogP contribution in [0.25, 0.3) is 83.9 Å². The van der Waals surface area contributed by atoms with Crippen LogP contribution < -0.4 is 31.4 Å². The number of aromatic hydroxyl groups is 3. The lowest BCUT2D eigenvalue weighted by molar-refractivity contribution is -0.131. The van der Waals surface area contributed by atoms with E-state index in [-0.39, 0.29) is 194 Å². The molecule has 0 saturated carbocycles. The molecular formula is C99H87Cl12F3N18O9. The molecule has 6 atom stereocenters. The number of anilines is 3. The molecule has 3 fully saturated rings. The monoisotopic (exact) mass is 2150 g/mol. The summed E-state index contributed by atoms with van der Waals surface area (Å²) < 4.78 is 51.0. The van der Waals surface area contributed by atoms with Gasteiger partial charge in [0.15, 0.2) is 34.7 Å². The number of aryl methyl sites for hydroxylation is 3. The lowest BCUT2D eigenvalue weighted by Gasteiger charge is -2.45. The fraction of sp³-hybridized carbons (Fsp3) is 0.303. The van der Waals surface area contributed by atoms with E-state index in [0.717, 1.165) is 0 Å². The first-order valence-electron chi connectivity index (χ1n) is 43.7. The van der Waals surface area contributed by atoms with E-state index in [4.69, 9.17) is 154 Å². The van der Waals surface area contributed by atoms with Gasteiger partial charge >= 0.3 is 0 Å². The second-order valence-electron chi connectivity index (χ2n) is 35.1. The Kier molecular flexibility index (Phi) is 31.9. The number of carbonyl (C=O) groups is 3. The Labute approximate surface area is 867 Å². The number of carbonyl (C=O) groups excluding carboxylic acids is 3. The molecule has 12 heterocycles. The summed E-state index contributed by atoms with van der Waals surface area (Å²) in [7, 11) is 0. The quantitative estimate of drug-likeness (QED) is 0.0487. The predicted octanol–water partition coefficient (Wildman–Crippen LogP) is 23.5. The van der Waals surface area contributed by atoms with E-state index >= 15 is 13.2 Å². The van der Waals surface area contributed by atoms with Crippen LogP contribution in [0.15, 0.2) is 107 Å². The Hall–Kier alpha value is -11.6. The highest BCUT2D eigenvalue weighted by Crippen LogP contribution is 2.54. The molecule has 3 aliphatic heterocycles. The molecule has 0 bridgehead atoms. The number of benzene rings is 3. The Balaban J connectivity index is 0.000000178. The van der Waals surface area contributed by atoms with E-state index in [1.807, 2.05) is 97.8 Å². The number of phenolic OH excluding ortho intramolecular Hbond substituents is 3. The molecule has 3 N–H and O–H groups in total. The summed E-state index contributed by atoms with van der Waals surface area (Å²) in [4.78, 5) is 120. The molecule has 0 aliphatic carbocycles. The van der Waals surface area contributed by atoms with Crippen LogP contribution in [0.4, 0.5) is 30.2 Å². The average molecular weight is 2160 g/mol. The number of hydrogen-bond acceptors (Lipinski definition) is 21. The largest absolute Gasteiger partial charge is 0.505 e. The highest BCUT2D eigenvalue weighted by molar-refractivity contribution is 6.48. The summed E-state index contributed by atoms with van der Waals surface area (Å²) in [5.41, 5.74) is 1.08. The number of pyridine rings is 9. The van der Waals surface area contributed by atoms with Crippen molar-refractivity contribution in [2.45, 2.75) is 158 Å². The Bertz CT molecular complexity index is 6860. The predicted molar refractivity (Wildman–Crippen MR) is 552 cm³/mol. The molecule has 3 aromatic carbocycles. The number of aromatic nitrogens is 9. The molecule has 3 amide bonds. The summed E-state index contributed by atoms with van der Waals surface area (Å²) in [6.07, 6.45) is 8.61. The van der Waals surface area contributed by atoms with Gasteiger partial charge in [-0.05, 0) is 151 Å². The van der Waals surface area contributed by atoms with Crippen molar-refractivity contribution in [2.24, 2.45) is 0 Å². The maximum Gasteiger partial charge on any atom is 0.276 e. The first-order chi connectivity index (χ1) is 66.5. The lowest BCUT2D eigenvalue weighted by atomic mass is 10.0. The highest BCUT2D eigenvalue weighted by atomic mass is 35.5. The number of rotatable bonds is 15. The molecule has 42 heteroatoms. The van der Waals surface area contributed by atoms with Crippen molar-refractivity contribution in [3.8, 4) is 86.3 Å². The van der Waals surface area contributed by atoms with Gasteiger partial charge in [-0.2, -0.15) is 15.8 Å². The van der Waals surface area contributed by atoms with Gasteiger partial charge in [-0.15, -0.1) is 0 Å². The van der Waals surface area contributed by atoms with Crippen molar-refractivity contribution in [3.63, 3.8) is 0 Å². The van der Waals surface area contributed by atoms with E-state index in [0.29, 0.717) is 67.0 Å². The fourth-order valence-corrected chi connectivity index (χ4v) is 21.5. The summed E-state index contributed by atoms with van der Waals surface area (Å²) in [6.45, 7) is 40.4. The fourth-order valence-electron chi connectivity index (χ4n) is 18.7. The molecule has 3 saturated heterocycles. The van der Waals surface area contributed by atoms with Gasteiger partial charge in [0.05, 0.1) is 130 Å². The minimum absolute atomic E-state index is 0.0207. The molecule has 0 unspecified atom stereocenters. The van der Waals surface area contributed by atoms with Gasteiger partial charge in [0.2, 0.25) is 17.7 Å². The van der Waals surface area contributed by atoms with Crippen LogP contribution in [0.2, 0.25) is 60.3 Å². The Morgan fingerprint density at radius 1 is 0.383 bits per heavy atom. The summed E-state index contributed by atoms with van der Waals surface area (Å²) >= 11 is 76.0. The van der Waals surface area contributed by atoms with Crippen molar-refractivity contribution < 1.29 is 42.9 Å². The average Bonchev–Trinajstić information content (AvgIpc) is 0.725. The van der Waals surface area contributed by atoms with Crippen molar-refractivity contribution in [3.05, 3.63) is 252 Å². The summed E-state index contributed by atoms with van der Waals surface area (Å²) in [5, 5.41) is 59.1. The van der Waals surface area contributed by atoms with E-state index in [2.05, 4.69) is 52.9 Å². The van der Waals surface area contributed by atoms with E-state index < -0.39 is 113 Å². The van der Waals surface area contributed by atoms with Crippen molar-refractivity contribution in [1.82, 2.24) is 58.3 Å². The van der Waals surface area contributed by atoms with E-state index in [1.165, 1.54) is 50.1 Å². The highest BCUT2D eigenvalue weighted by Gasteiger charge is 2.42. The molecule has 3 aliphatic rings. The number of nitriles is 3. The molecule has 0 spiro atoms. The smallest absolute Gasteiger partial charge is 0.276 e. The molecule has 9 aromatic heterocycles. The normalized spacial score (nSPS) is 16.6. The van der Waals surface area contributed by atoms with Gasteiger partial charge < -0.3 is 44.7 Å². The molecular weight excluding hydrogens is 2070 g/mol. The Morgan fingerprint density at radius 3 is 0.787 bits per heavy atom. The maximum atomic E-state index is 15.7. The first kappa shape index (κ1) is 107. The zero-order valence-electron chi connectivity index (χ0n) is 78.0. The number of piperazine rings is 3. The van der Waals surface area contributed by atoms with Gasteiger partial charge in [-0.3, -0.25) is 57.4 Å². The van der Waals surface area contributed by atoms with Gasteiger partial charge in [-0.1, -0.05) is 200 Å². The summed E-state index contributed by atoms with van der Waals surface area (Å²) in [6, 6.07) is 14.0. The van der Waals surface area contributed by atoms with Crippen LogP contribution in [0, 0.1) is 72.2 Å². The first-order valence-corrected chi connectivity index (χ1v) is 48.2. The number of nitrogens with zero attached hydrogens (tertiary/aromatic N) is 18. The number of hydrogen-bond donors (Lipinski definition) is 3. The van der Waals surface area contributed by atoms with Gasteiger partial charge in [0, 0.05) is 110 Å². The van der Waals surface area contributed by atoms with E-state index in [1.54, 1.807) is 72.3 Å². The third-order valence-electron chi connectivity index (χ3n) is 24.8. The molecule has 27 nitrogen and oxygen atoms in total. The van der Waals surface area contributed by atoms with Gasteiger partial charge in [-0.25, -0.2) is 28.1 Å². The SMILES string of the molecule is C=CC(=O)N1[C@H](C)CN(c2c(C#N)c(=O)n(-c3c(C)ccnc3C(C)C)c3nc(-c4c(F)c(Cl)c(Cl)c(O)c4Cl)c(Cl)cc23)C[C@@H]1C.C=CC(=O)N1[C@H](C)CN(c2c(C#N)c(=O)n(-c3c(C)ccnc3C(C)C)c3nc(-c4c(F)c(Cl)c(Cl)c(O)c4Cl)c(Cl)cc23)C[C@@H]1C.C=CC(=O)N1[C@H](C)CN(c2c(C#N)c(=O)n(-c3c(C)ccnc3C(C)C)c3nc(-c4c(F)c(Cl)c(Cl)c(O)c4Cl)c(Cl)cc23)C[C@@H]1C. The minimum Gasteiger partial charge on any atom is -0.505 e. The second-order valence-corrected chi connectivity index (χ2v) is 39.8.